The summed E-state index contributed by atoms with van der Waals surface area (Å²) in [6.45, 7) is 3.40. The lowest BCUT2D eigenvalue weighted by molar-refractivity contribution is -0.131. The predicted octanol–water partition coefficient (Wildman–Crippen LogP) is 3.74. The topological polar surface area (TPSA) is 94.1 Å². The highest BCUT2D eigenvalue weighted by atomic mass is 32.2. The Labute approximate surface area is 198 Å². The number of carbonyl (C=O) groups excluding carboxylic acids is 2. The van der Waals surface area contributed by atoms with Gasteiger partial charge in [-0.3, -0.25) is 9.59 Å². The molecular weight excluding hydrogens is 434 g/mol. The molecule has 3 aromatic rings. The van der Waals surface area contributed by atoms with E-state index in [9.17, 15) is 9.59 Å². The van der Waals surface area contributed by atoms with E-state index in [1.165, 1.54) is 11.8 Å². The van der Waals surface area contributed by atoms with Crippen LogP contribution < -0.4 is 5.73 Å². The molecule has 0 saturated heterocycles. The summed E-state index contributed by atoms with van der Waals surface area (Å²) >= 11 is 1.39. The van der Waals surface area contributed by atoms with Gasteiger partial charge in [0, 0.05) is 32.0 Å². The molecule has 2 aromatic carbocycles. The van der Waals surface area contributed by atoms with Crippen molar-refractivity contribution in [2.75, 3.05) is 0 Å². The van der Waals surface area contributed by atoms with Crippen molar-refractivity contribution in [3.8, 4) is 0 Å². The Kier molecular flexibility index (Phi) is 7.44. The minimum Gasteiger partial charge on any atom is -0.370 e. The molecule has 0 spiro atoms. The van der Waals surface area contributed by atoms with Gasteiger partial charge < -0.3 is 15.2 Å². The zero-order valence-corrected chi connectivity index (χ0v) is 19.6. The number of hydrogen-bond donors (Lipinski definition) is 1. The van der Waals surface area contributed by atoms with Gasteiger partial charge in [0.1, 0.15) is 5.82 Å². The molecule has 1 aliphatic carbocycles. The molecule has 1 atom stereocenters. The Hall–Kier alpha value is -3.13. The quantitative estimate of drug-likeness (QED) is 0.437. The minimum atomic E-state index is -0.360. The van der Waals surface area contributed by atoms with Gasteiger partial charge in [-0.05, 0) is 30.9 Å². The van der Waals surface area contributed by atoms with Gasteiger partial charge in [-0.25, -0.2) is 0 Å². The highest BCUT2D eigenvalue weighted by Crippen LogP contribution is 2.40. The van der Waals surface area contributed by atoms with Crippen LogP contribution in [-0.2, 0) is 29.2 Å². The molecule has 0 radical (unpaired) electrons. The van der Waals surface area contributed by atoms with Crippen molar-refractivity contribution in [1.29, 1.82) is 0 Å². The molecule has 2 amide bonds. The van der Waals surface area contributed by atoms with Gasteiger partial charge in [-0.1, -0.05) is 72.4 Å². The van der Waals surface area contributed by atoms with E-state index in [0.29, 0.717) is 30.7 Å². The number of primary amides is 1. The Bertz CT molecular complexity index is 1040. The number of amides is 2. The standard InChI is InChI=1S/C25H29N5O2S/c1-18(33-25-28-27-23(21-12-13-21)30(25)15-14-22(26)31)24(32)29(16-19-8-4-2-5-9-19)17-20-10-6-3-7-11-20/h2-11,18,21H,12-17H2,1H3,(H2,26,31). The van der Waals surface area contributed by atoms with Crippen molar-refractivity contribution in [1.82, 2.24) is 19.7 Å². The van der Waals surface area contributed by atoms with Gasteiger partial charge in [0.2, 0.25) is 11.8 Å². The molecule has 1 unspecified atom stereocenters. The maximum atomic E-state index is 13.6. The van der Waals surface area contributed by atoms with E-state index in [2.05, 4.69) is 10.2 Å². The third-order valence-corrected chi connectivity index (χ3v) is 6.71. The van der Waals surface area contributed by atoms with E-state index in [4.69, 9.17) is 5.73 Å². The van der Waals surface area contributed by atoms with Gasteiger partial charge in [0.05, 0.1) is 5.25 Å². The molecule has 172 valence electrons. The molecule has 1 aliphatic rings. The van der Waals surface area contributed by atoms with Crippen LogP contribution in [0.3, 0.4) is 0 Å². The van der Waals surface area contributed by atoms with Crippen molar-refractivity contribution in [2.24, 2.45) is 5.73 Å². The molecule has 1 fully saturated rings. The summed E-state index contributed by atoms with van der Waals surface area (Å²) < 4.78 is 1.97. The highest BCUT2D eigenvalue weighted by Gasteiger charge is 2.32. The number of hydrogen-bond acceptors (Lipinski definition) is 5. The van der Waals surface area contributed by atoms with E-state index in [1.54, 1.807) is 0 Å². The summed E-state index contributed by atoms with van der Waals surface area (Å²) in [4.78, 5) is 26.8. The second-order valence-electron chi connectivity index (χ2n) is 8.41. The zero-order chi connectivity index (χ0) is 23.2. The first-order chi connectivity index (χ1) is 16.0. The zero-order valence-electron chi connectivity index (χ0n) is 18.8. The number of nitrogens with two attached hydrogens (primary N) is 1. The van der Waals surface area contributed by atoms with Crippen molar-refractivity contribution in [3.05, 3.63) is 77.6 Å². The Balaban J connectivity index is 1.51. The predicted molar refractivity (Wildman–Crippen MR) is 128 cm³/mol. The number of nitrogens with zero attached hydrogens (tertiary/aromatic N) is 4. The largest absolute Gasteiger partial charge is 0.370 e. The first-order valence-corrected chi connectivity index (χ1v) is 12.1. The van der Waals surface area contributed by atoms with Crippen LogP contribution in [0.2, 0.25) is 0 Å². The molecule has 8 heteroatoms. The van der Waals surface area contributed by atoms with E-state index in [1.807, 2.05) is 77.1 Å². The SMILES string of the molecule is CC(Sc1nnc(C2CC2)n1CCC(N)=O)C(=O)N(Cc1ccccc1)Cc1ccccc1. The van der Waals surface area contributed by atoms with E-state index >= 15 is 0 Å². The van der Waals surface area contributed by atoms with Gasteiger partial charge in [0.25, 0.3) is 0 Å². The van der Waals surface area contributed by atoms with Gasteiger partial charge in [-0.2, -0.15) is 0 Å². The lowest BCUT2D eigenvalue weighted by atomic mass is 10.1. The number of carbonyl (C=O) groups is 2. The molecule has 0 aliphatic heterocycles. The van der Waals surface area contributed by atoms with Crippen LogP contribution in [0.15, 0.2) is 65.8 Å². The number of rotatable bonds is 11. The van der Waals surface area contributed by atoms with Crippen molar-refractivity contribution < 1.29 is 9.59 Å². The Morgan fingerprint density at radius 2 is 1.61 bits per heavy atom. The molecule has 1 saturated carbocycles. The van der Waals surface area contributed by atoms with Crippen molar-refractivity contribution in [3.63, 3.8) is 0 Å². The molecule has 33 heavy (non-hydrogen) atoms. The van der Waals surface area contributed by atoms with Crippen molar-refractivity contribution in [2.45, 2.75) is 62.1 Å². The smallest absolute Gasteiger partial charge is 0.236 e. The third kappa shape index (κ3) is 6.22. The van der Waals surface area contributed by atoms with Gasteiger partial charge in [-0.15, -0.1) is 10.2 Å². The Morgan fingerprint density at radius 1 is 1.03 bits per heavy atom. The van der Waals surface area contributed by atoms with Crippen LogP contribution in [0.4, 0.5) is 0 Å². The second kappa shape index (κ2) is 10.7. The summed E-state index contributed by atoms with van der Waals surface area (Å²) in [7, 11) is 0. The fourth-order valence-corrected chi connectivity index (χ4v) is 4.71. The van der Waals surface area contributed by atoms with E-state index < -0.39 is 0 Å². The van der Waals surface area contributed by atoms with Crippen LogP contribution >= 0.6 is 11.8 Å². The van der Waals surface area contributed by atoms with Crippen LogP contribution in [0, 0.1) is 0 Å². The minimum absolute atomic E-state index is 0.0325. The second-order valence-corrected chi connectivity index (χ2v) is 9.72. The summed E-state index contributed by atoms with van der Waals surface area (Å²) in [6, 6.07) is 20.0. The van der Waals surface area contributed by atoms with Crippen molar-refractivity contribution >= 4 is 23.6 Å². The normalized spacial score (nSPS) is 14.1. The molecule has 1 heterocycles. The van der Waals surface area contributed by atoms with Gasteiger partial charge >= 0.3 is 0 Å². The summed E-state index contributed by atoms with van der Waals surface area (Å²) in [5.41, 5.74) is 7.54. The molecule has 7 nitrogen and oxygen atoms in total. The van der Waals surface area contributed by atoms with Crippen LogP contribution in [0.25, 0.3) is 0 Å². The molecule has 2 N–H and O–H groups in total. The lowest BCUT2D eigenvalue weighted by Gasteiger charge is -2.26. The number of aromatic nitrogens is 3. The fraction of sp³-hybridized carbons (Fsp3) is 0.360. The summed E-state index contributed by atoms with van der Waals surface area (Å²) in [6.07, 6.45) is 2.38. The first-order valence-electron chi connectivity index (χ1n) is 11.3. The number of thioether (sulfide) groups is 1. The van der Waals surface area contributed by atoms with E-state index in [0.717, 1.165) is 29.8 Å². The number of benzene rings is 2. The average Bonchev–Trinajstić information content (AvgIpc) is 3.59. The Morgan fingerprint density at radius 3 is 2.12 bits per heavy atom. The highest BCUT2D eigenvalue weighted by molar-refractivity contribution is 8.00. The maximum absolute atomic E-state index is 13.6. The van der Waals surface area contributed by atoms with Gasteiger partial charge in [0.15, 0.2) is 5.16 Å². The summed E-state index contributed by atoms with van der Waals surface area (Å²) in [5, 5.41) is 9.03. The summed E-state index contributed by atoms with van der Waals surface area (Å²) in [5.74, 6) is 0.953. The third-order valence-electron chi connectivity index (χ3n) is 5.64. The average molecular weight is 464 g/mol. The molecule has 1 aromatic heterocycles. The van der Waals surface area contributed by atoms with E-state index in [-0.39, 0.29) is 23.5 Å². The maximum Gasteiger partial charge on any atom is 0.236 e. The fourth-order valence-electron chi connectivity index (χ4n) is 3.75. The van der Waals surface area contributed by atoms with Crippen LogP contribution in [-0.4, -0.2) is 36.7 Å². The van der Waals surface area contributed by atoms with Crippen LogP contribution in [0.1, 0.15) is 49.1 Å². The monoisotopic (exact) mass is 463 g/mol. The molecular formula is C25H29N5O2S. The molecule has 4 rings (SSSR count). The van der Waals surface area contributed by atoms with Crippen LogP contribution in [0.5, 0.6) is 0 Å². The lowest BCUT2D eigenvalue weighted by Crippen LogP contribution is -2.35. The first kappa shape index (κ1) is 23.0. The molecule has 0 bridgehead atoms.